The largest absolute Gasteiger partial charge is 0.508 e. The predicted molar refractivity (Wildman–Crippen MR) is 108 cm³/mol. The van der Waals surface area contributed by atoms with E-state index in [4.69, 9.17) is 0 Å². The molecule has 1 unspecified atom stereocenters. The van der Waals surface area contributed by atoms with Gasteiger partial charge in [-0.05, 0) is 78.9 Å². The summed E-state index contributed by atoms with van der Waals surface area (Å²) in [5.74, 6) is 0.756. The zero-order chi connectivity index (χ0) is 18.5. The summed E-state index contributed by atoms with van der Waals surface area (Å²) in [4.78, 5) is 2.22. The van der Waals surface area contributed by atoms with E-state index in [9.17, 15) is 10.2 Å². The molecule has 3 nitrogen and oxygen atoms in total. The fourth-order valence-corrected chi connectivity index (χ4v) is 3.63. The lowest BCUT2D eigenvalue weighted by atomic mass is 9.81. The number of benzene rings is 2. The van der Waals surface area contributed by atoms with Crippen molar-refractivity contribution >= 4 is 11.6 Å². The molecule has 0 aromatic heterocycles. The Bertz CT molecular complexity index is 820. The normalized spacial score (nSPS) is 19.0. The quantitative estimate of drug-likeness (QED) is 0.845. The average molecular weight is 349 g/mol. The first-order valence-electron chi connectivity index (χ1n) is 9.11. The van der Waals surface area contributed by atoms with Crippen LogP contribution >= 0.6 is 0 Å². The summed E-state index contributed by atoms with van der Waals surface area (Å²) in [5.41, 5.74) is 5.70. The number of aromatic hydroxyl groups is 1. The van der Waals surface area contributed by atoms with Crippen LogP contribution in [-0.2, 0) is 6.61 Å². The summed E-state index contributed by atoms with van der Waals surface area (Å²) in [6.07, 6.45) is 6.60. The maximum absolute atomic E-state index is 9.89. The third kappa shape index (κ3) is 4.63. The van der Waals surface area contributed by atoms with E-state index in [2.05, 4.69) is 43.3 Å². The monoisotopic (exact) mass is 349 g/mol. The Labute approximate surface area is 155 Å². The maximum Gasteiger partial charge on any atom is 0.116 e. The minimum atomic E-state index is 0.0618. The molecular weight excluding hydrogens is 322 g/mol. The summed E-state index contributed by atoms with van der Waals surface area (Å²) in [6.45, 7) is 1.06. The van der Waals surface area contributed by atoms with Crippen molar-refractivity contribution in [3.63, 3.8) is 0 Å². The Hall–Kier alpha value is -2.36. The molecule has 0 saturated carbocycles. The second kappa shape index (κ2) is 8.35. The van der Waals surface area contributed by atoms with Crippen molar-refractivity contribution in [2.45, 2.75) is 19.4 Å². The Kier molecular flexibility index (Phi) is 5.92. The first kappa shape index (κ1) is 18.4. The van der Waals surface area contributed by atoms with Gasteiger partial charge in [0.05, 0.1) is 6.61 Å². The van der Waals surface area contributed by atoms with Crippen LogP contribution in [0.15, 0.2) is 60.2 Å². The Morgan fingerprint density at radius 3 is 2.65 bits per heavy atom. The van der Waals surface area contributed by atoms with Gasteiger partial charge < -0.3 is 15.1 Å². The molecule has 26 heavy (non-hydrogen) atoms. The molecule has 1 aliphatic rings. The topological polar surface area (TPSA) is 43.7 Å². The summed E-state index contributed by atoms with van der Waals surface area (Å²) in [6, 6.07) is 15.6. The number of nitrogens with zero attached hydrogens (tertiary/aromatic N) is 1. The van der Waals surface area contributed by atoms with Crippen molar-refractivity contribution in [2.24, 2.45) is 5.92 Å². The molecule has 0 fully saturated rings. The third-order valence-electron chi connectivity index (χ3n) is 4.81. The van der Waals surface area contributed by atoms with Gasteiger partial charge in [-0.15, -0.1) is 0 Å². The summed E-state index contributed by atoms with van der Waals surface area (Å²) < 4.78 is 0. The van der Waals surface area contributed by atoms with E-state index in [1.807, 2.05) is 30.3 Å². The van der Waals surface area contributed by atoms with E-state index in [1.165, 1.54) is 11.1 Å². The number of hydrogen-bond donors (Lipinski definition) is 2. The van der Waals surface area contributed by atoms with E-state index in [0.717, 1.165) is 36.1 Å². The second-order valence-electron chi connectivity index (χ2n) is 7.27. The molecule has 3 heteroatoms. The Balaban J connectivity index is 1.97. The van der Waals surface area contributed by atoms with Crippen molar-refractivity contribution in [1.82, 2.24) is 4.90 Å². The molecular formula is C23H27NO2. The lowest BCUT2D eigenvalue weighted by Gasteiger charge is -2.28. The number of aliphatic hydroxyl groups excluding tert-OH is 1. The Morgan fingerprint density at radius 2 is 1.92 bits per heavy atom. The molecule has 2 N–H and O–H groups in total. The zero-order valence-corrected chi connectivity index (χ0v) is 15.5. The molecule has 2 aromatic rings. The van der Waals surface area contributed by atoms with Gasteiger partial charge in [-0.2, -0.15) is 0 Å². The van der Waals surface area contributed by atoms with Gasteiger partial charge in [0.1, 0.15) is 5.75 Å². The SMILES string of the molecule is CN(C)CC1CC/C(=C\c2cccc(CO)c2)C=C1c1cccc(O)c1. The standard InChI is InChI=1S/C23H27NO2/c1-24(2)15-21-10-9-18(11-17-5-3-6-19(12-17)16-25)13-23(21)20-7-4-8-22(26)14-20/h3-8,11-14,21,25-26H,9-10,15-16H2,1-2H3/b18-11+. The van der Waals surface area contributed by atoms with E-state index in [1.54, 1.807) is 6.07 Å². The van der Waals surface area contributed by atoms with E-state index in [-0.39, 0.29) is 6.61 Å². The molecule has 2 aromatic carbocycles. The van der Waals surface area contributed by atoms with E-state index in [0.29, 0.717) is 11.7 Å². The molecule has 1 atom stereocenters. The molecule has 0 aliphatic heterocycles. The van der Waals surface area contributed by atoms with Crippen molar-refractivity contribution in [2.75, 3.05) is 20.6 Å². The summed E-state index contributed by atoms with van der Waals surface area (Å²) in [5, 5.41) is 19.2. The highest BCUT2D eigenvalue weighted by atomic mass is 16.3. The highest BCUT2D eigenvalue weighted by molar-refractivity contribution is 5.74. The molecule has 0 bridgehead atoms. The molecule has 0 spiro atoms. The van der Waals surface area contributed by atoms with E-state index >= 15 is 0 Å². The number of hydrogen-bond acceptors (Lipinski definition) is 3. The van der Waals surface area contributed by atoms with Gasteiger partial charge in [0.25, 0.3) is 0 Å². The summed E-state index contributed by atoms with van der Waals surface area (Å²) in [7, 11) is 4.21. The Morgan fingerprint density at radius 1 is 1.12 bits per heavy atom. The molecule has 3 rings (SSSR count). The van der Waals surface area contributed by atoms with Gasteiger partial charge in [-0.25, -0.2) is 0 Å². The van der Waals surface area contributed by atoms with Crippen molar-refractivity contribution < 1.29 is 10.2 Å². The highest BCUT2D eigenvalue weighted by Gasteiger charge is 2.22. The van der Waals surface area contributed by atoms with Crippen LogP contribution in [0.25, 0.3) is 11.6 Å². The highest BCUT2D eigenvalue weighted by Crippen LogP contribution is 2.36. The van der Waals surface area contributed by atoms with Crippen LogP contribution in [0, 0.1) is 5.92 Å². The maximum atomic E-state index is 9.89. The molecule has 0 radical (unpaired) electrons. The number of allylic oxidation sites excluding steroid dienone is 2. The van der Waals surface area contributed by atoms with Crippen molar-refractivity contribution in [3.05, 3.63) is 76.9 Å². The van der Waals surface area contributed by atoms with Gasteiger partial charge in [-0.3, -0.25) is 0 Å². The number of phenols is 1. The first-order chi connectivity index (χ1) is 12.5. The van der Waals surface area contributed by atoms with Crippen LogP contribution in [0.2, 0.25) is 0 Å². The van der Waals surface area contributed by atoms with Gasteiger partial charge in [0, 0.05) is 6.54 Å². The minimum absolute atomic E-state index is 0.0618. The van der Waals surface area contributed by atoms with Gasteiger partial charge >= 0.3 is 0 Å². The molecule has 1 aliphatic carbocycles. The number of aliphatic hydroxyl groups is 1. The number of rotatable bonds is 5. The third-order valence-corrected chi connectivity index (χ3v) is 4.81. The fourth-order valence-electron chi connectivity index (χ4n) is 3.63. The second-order valence-corrected chi connectivity index (χ2v) is 7.27. The molecule has 0 amide bonds. The minimum Gasteiger partial charge on any atom is -0.508 e. The lowest BCUT2D eigenvalue weighted by molar-refractivity contribution is 0.282. The van der Waals surface area contributed by atoms with Crippen LogP contribution in [0.1, 0.15) is 29.5 Å². The molecule has 136 valence electrons. The van der Waals surface area contributed by atoms with E-state index < -0.39 is 0 Å². The van der Waals surface area contributed by atoms with Gasteiger partial charge in [-0.1, -0.05) is 42.5 Å². The van der Waals surface area contributed by atoms with Crippen molar-refractivity contribution in [1.29, 1.82) is 0 Å². The average Bonchev–Trinajstić information content (AvgIpc) is 2.63. The van der Waals surface area contributed by atoms with Crippen molar-refractivity contribution in [3.8, 4) is 5.75 Å². The van der Waals surface area contributed by atoms with Gasteiger partial charge in [0.2, 0.25) is 0 Å². The van der Waals surface area contributed by atoms with Crippen LogP contribution in [0.3, 0.4) is 0 Å². The molecule has 0 saturated heterocycles. The van der Waals surface area contributed by atoms with Gasteiger partial charge in [0.15, 0.2) is 0 Å². The fraction of sp³-hybridized carbons (Fsp3) is 0.304. The van der Waals surface area contributed by atoms with Crippen LogP contribution < -0.4 is 0 Å². The van der Waals surface area contributed by atoms with Crippen LogP contribution in [-0.4, -0.2) is 35.8 Å². The number of phenolic OH excluding ortho intramolecular Hbond substituents is 1. The van der Waals surface area contributed by atoms with Crippen LogP contribution in [0.5, 0.6) is 5.75 Å². The summed E-state index contributed by atoms with van der Waals surface area (Å²) >= 11 is 0. The first-order valence-corrected chi connectivity index (χ1v) is 9.11. The lowest BCUT2D eigenvalue weighted by Crippen LogP contribution is -2.24. The zero-order valence-electron chi connectivity index (χ0n) is 15.5. The molecule has 0 heterocycles. The van der Waals surface area contributed by atoms with Crippen LogP contribution in [0.4, 0.5) is 0 Å². The predicted octanol–water partition coefficient (Wildman–Crippen LogP) is 4.32. The smallest absolute Gasteiger partial charge is 0.116 e.